The first kappa shape index (κ1) is 12.2. The number of halogens is 2. The van der Waals surface area contributed by atoms with Crippen LogP contribution in [0.25, 0.3) is 5.69 Å². The summed E-state index contributed by atoms with van der Waals surface area (Å²) in [7, 11) is 0. The van der Waals surface area contributed by atoms with Crippen LogP contribution in [-0.4, -0.2) is 20.9 Å². The lowest BCUT2D eigenvalue weighted by Gasteiger charge is -2.01. The number of carboxylic acids is 1. The summed E-state index contributed by atoms with van der Waals surface area (Å²) in [5, 5.41) is 12.5. The molecular formula is C12H10F2N2O2. The van der Waals surface area contributed by atoms with E-state index in [2.05, 4.69) is 5.10 Å². The average Bonchev–Trinajstić information content (AvgIpc) is 2.79. The van der Waals surface area contributed by atoms with Crippen LogP contribution in [0.2, 0.25) is 0 Å². The van der Waals surface area contributed by atoms with Gasteiger partial charge in [-0.3, -0.25) is 4.79 Å². The van der Waals surface area contributed by atoms with Crippen LogP contribution in [0.3, 0.4) is 0 Å². The summed E-state index contributed by atoms with van der Waals surface area (Å²) in [6.07, 6.45) is 3.45. The Balaban J connectivity index is 2.18. The summed E-state index contributed by atoms with van der Waals surface area (Å²) in [5.41, 5.74) is 1.11. The molecule has 0 atom stereocenters. The van der Waals surface area contributed by atoms with Crippen LogP contribution < -0.4 is 0 Å². The van der Waals surface area contributed by atoms with Gasteiger partial charge in [0.15, 0.2) is 11.6 Å². The van der Waals surface area contributed by atoms with E-state index in [1.807, 2.05) is 0 Å². The van der Waals surface area contributed by atoms with Gasteiger partial charge in [-0.25, -0.2) is 13.5 Å². The number of hydrogen-bond acceptors (Lipinski definition) is 2. The lowest BCUT2D eigenvalue weighted by Crippen LogP contribution is -1.97. The molecule has 0 aliphatic rings. The molecule has 94 valence electrons. The SMILES string of the molecule is O=C(O)CCc1cnn(-c2ccc(F)c(F)c2)c1. The van der Waals surface area contributed by atoms with Crippen molar-refractivity contribution < 1.29 is 18.7 Å². The highest BCUT2D eigenvalue weighted by atomic mass is 19.2. The summed E-state index contributed by atoms with van der Waals surface area (Å²) < 4.78 is 27.2. The van der Waals surface area contributed by atoms with Crippen LogP contribution in [0.4, 0.5) is 8.78 Å². The van der Waals surface area contributed by atoms with Crippen molar-refractivity contribution in [3.05, 3.63) is 47.8 Å². The van der Waals surface area contributed by atoms with Gasteiger partial charge in [-0.15, -0.1) is 0 Å². The number of carboxylic acid groups (broad SMARTS) is 1. The van der Waals surface area contributed by atoms with E-state index >= 15 is 0 Å². The molecule has 1 aromatic heterocycles. The fourth-order valence-electron chi connectivity index (χ4n) is 1.51. The van der Waals surface area contributed by atoms with Crippen molar-refractivity contribution >= 4 is 5.97 Å². The molecule has 2 rings (SSSR count). The smallest absolute Gasteiger partial charge is 0.303 e. The Bertz CT molecular complexity index is 581. The van der Waals surface area contributed by atoms with Gasteiger partial charge in [-0.05, 0) is 24.1 Å². The maximum Gasteiger partial charge on any atom is 0.303 e. The fourth-order valence-corrected chi connectivity index (χ4v) is 1.51. The lowest BCUT2D eigenvalue weighted by molar-refractivity contribution is -0.136. The van der Waals surface area contributed by atoms with Crippen molar-refractivity contribution in [2.75, 3.05) is 0 Å². The first-order valence-electron chi connectivity index (χ1n) is 5.27. The molecule has 0 saturated carbocycles. The minimum absolute atomic E-state index is 0.00344. The zero-order valence-electron chi connectivity index (χ0n) is 9.31. The Morgan fingerprint density at radius 3 is 2.78 bits per heavy atom. The average molecular weight is 252 g/mol. The predicted molar refractivity (Wildman–Crippen MR) is 59.4 cm³/mol. The predicted octanol–water partition coefficient (Wildman–Crippen LogP) is 2.17. The fraction of sp³-hybridized carbons (Fsp3) is 0.167. The number of hydrogen-bond donors (Lipinski definition) is 1. The number of carbonyl (C=O) groups is 1. The molecule has 1 aromatic carbocycles. The molecule has 0 spiro atoms. The van der Waals surface area contributed by atoms with Crippen molar-refractivity contribution in [3.8, 4) is 5.69 Å². The van der Waals surface area contributed by atoms with E-state index in [4.69, 9.17) is 5.11 Å². The molecule has 1 N–H and O–H groups in total. The first-order chi connectivity index (χ1) is 8.56. The van der Waals surface area contributed by atoms with Crippen LogP contribution in [0.5, 0.6) is 0 Å². The van der Waals surface area contributed by atoms with Crippen molar-refractivity contribution in [2.24, 2.45) is 0 Å². The normalized spacial score (nSPS) is 10.6. The third kappa shape index (κ3) is 2.71. The van der Waals surface area contributed by atoms with Gasteiger partial charge in [-0.2, -0.15) is 5.10 Å². The molecule has 4 nitrogen and oxygen atoms in total. The number of aliphatic carboxylic acids is 1. The van der Waals surface area contributed by atoms with Gasteiger partial charge in [-0.1, -0.05) is 0 Å². The Kier molecular flexibility index (Phi) is 3.36. The highest BCUT2D eigenvalue weighted by Crippen LogP contribution is 2.13. The van der Waals surface area contributed by atoms with E-state index in [0.29, 0.717) is 12.1 Å². The van der Waals surface area contributed by atoms with Crippen molar-refractivity contribution in [1.82, 2.24) is 9.78 Å². The standard InChI is InChI=1S/C12H10F2N2O2/c13-10-3-2-9(5-11(10)14)16-7-8(6-15-16)1-4-12(17)18/h2-3,5-7H,1,4H2,(H,17,18). The van der Waals surface area contributed by atoms with E-state index in [0.717, 1.165) is 17.7 Å². The van der Waals surface area contributed by atoms with E-state index in [-0.39, 0.29) is 6.42 Å². The molecule has 0 unspecified atom stereocenters. The van der Waals surface area contributed by atoms with E-state index in [1.165, 1.54) is 16.9 Å². The van der Waals surface area contributed by atoms with Crippen LogP contribution in [0.15, 0.2) is 30.6 Å². The second-order valence-corrected chi connectivity index (χ2v) is 3.79. The number of benzene rings is 1. The molecule has 0 saturated heterocycles. The number of aromatic nitrogens is 2. The molecule has 1 heterocycles. The number of aryl methyl sites for hydroxylation is 1. The molecule has 0 aliphatic heterocycles. The van der Waals surface area contributed by atoms with E-state index in [1.54, 1.807) is 6.20 Å². The minimum Gasteiger partial charge on any atom is -0.481 e. The Labute approximate surface area is 101 Å². The van der Waals surface area contributed by atoms with Gasteiger partial charge in [0.25, 0.3) is 0 Å². The topological polar surface area (TPSA) is 55.1 Å². The van der Waals surface area contributed by atoms with E-state index in [9.17, 15) is 13.6 Å². The largest absolute Gasteiger partial charge is 0.481 e. The molecule has 0 radical (unpaired) electrons. The van der Waals surface area contributed by atoms with Crippen LogP contribution in [0, 0.1) is 11.6 Å². The van der Waals surface area contributed by atoms with Crippen molar-refractivity contribution in [3.63, 3.8) is 0 Å². The van der Waals surface area contributed by atoms with Gasteiger partial charge >= 0.3 is 5.97 Å². The maximum absolute atomic E-state index is 13.0. The highest BCUT2D eigenvalue weighted by Gasteiger charge is 2.06. The third-order valence-corrected chi connectivity index (χ3v) is 2.43. The molecule has 2 aromatic rings. The quantitative estimate of drug-likeness (QED) is 0.907. The zero-order chi connectivity index (χ0) is 13.1. The molecule has 18 heavy (non-hydrogen) atoms. The Morgan fingerprint density at radius 1 is 1.33 bits per heavy atom. The molecule has 0 aliphatic carbocycles. The van der Waals surface area contributed by atoms with Crippen molar-refractivity contribution in [2.45, 2.75) is 12.8 Å². The van der Waals surface area contributed by atoms with Crippen LogP contribution in [-0.2, 0) is 11.2 Å². The zero-order valence-corrected chi connectivity index (χ0v) is 9.31. The summed E-state index contributed by atoms with van der Waals surface area (Å²) >= 11 is 0. The monoisotopic (exact) mass is 252 g/mol. The van der Waals surface area contributed by atoms with Crippen LogP contribution in [0.1, 0.15) is 12.0 Å². The highest BCUT2D eigenvalue weighted by molar-refractivity contribution is 5.67. The minimum atomic E-state index is -0.949. The Hall–Kier alpha value is -2.24. The number of nitrogens with zero attached hydrogens (tertiary/aromatic N) is 2. The second-order valence-electron chi connectivity index (χ2n) is 3.79. The van der Waals surface area contributed by atoms with Gasteiger partial charge in [0.2, 0.25) is 0 Å². The number of rotatable bonds is 4. The lowest BCUT2D eigenvalue weighted by atomic mass is 10.2. The Morgan fingerprint density at radius 2 is 2.11 bits per heavy atom. The third-order valence-electron chi connectivity index (χ3n) is 2.43. The molecule has 0 fully saturated rings. The van der Waals surface area contributed by atoms with E-state index < -0.39 is 17.6 Å². The van der Waals surface area contributed by atoms with Crippen molar-refractivity contribution in [1.29, 1.82) is 0 Å². The molecular weight excluding hydrogens is 242 g/mol. The second kappa shape index (κ2) is 4.95. The summed E-state index contributed by atoms with van der Waals surface area (Å²) in [6, 6.07) is 3.44. The van der Waals surface area contributed by atoms with Gasteiger partial charge in [0.1, 0.15) is 0 Å². The summed E-state index contributed by atoms with van der Waals surface area (Å²) in [5.74, 6) is -2.76. The van der Waals surface area contributed by atoms with Crippen LogP contribution >= 0.6 is 0 Å². The summed E-state index contributed by atoms with van der Waals surface area (Å²) in [4.78, 5) is 10.4. The first-order valence-corrected chi connectivity index (χ1v) is 5.27. The maximum atomic E-state index is 13.0. The molecule has 0 bridgehead atoms. The van der Waals surface area contributed by atoms with Gasteiger partial charge < -0.3 is 5.11 Å². The summed E-state index contributed by atoms with van der Waals surface area (Å²) in [6.45, 7) is 0. The molecule has 6 heteroatoms. The molecule has 0 amide bonds. The van der Waals surface area contributed by atoms with Gasteiger partial charge in [0.05, 0.1) is 11.9 Å². The van der Waals surface area contributed by atoms with Gasteiger partial charge in [0, 0.05) is 18.7 Å².